The van der Waals surface area contributed by atoms with Gasteiger partial charge in [0.15, 0.2) is 0 Å². The molecule has 0 atom stereocenters. The zero-order valence-corrected chi connectivity index (χ0v) is 15.9. The molecule has 6 nitrogen and oxygen atoms in total. The minimum Gasteiger partial charge on any atom is -0.496 e. The number of halogens is 2. The number of thioether (sulfide) groups is 1. The number of benzene rings is 2. The van der Waals surface area contributed by atoms with E-state index in [-0.39, 0.29) is 16.9 Å². The van der Waals surface area contributed by atoms with Gasteiger partial charge < -0.3 is 14.5 Å². The highest BCUT2D eigenvalue weighted by atomic mass is 35.5. The summed E-state index contributed by atoms with van der Waals surface area (Å²) in [6.45, 7) is 0. The maximum Gasteiger partial charge on any atom is 0.277 e. The molecule has 1 heterocycles. The summed E-state index contributed by atoms with van der Waals surface area (Å²) >= 11 is 12.9. The molecule has 0 spiro atoms. The molecule has 3 rings (SSSR count). The van der Waals surface area contributed by atoms with Crippen molar-refractivity contribution in [3.8, 4) is 17.2 Å². The third-order valence-corrected chi connectivity index (χ3v) is 4.83. The number of nitrogens with zero attached hydrogens (tertiary/aromatic N) is 2. The van der Waals surface area contributed by atoms with Crippen LogP contribution in [0.15, 0.2) is 52.1 Å². The molecule has 1 N–H and O–H groups in total. The first-order chi connectivity index (χ1) is 12.6. The fourth-order valence-electron chi connectivity index (χ4n) is 2.10. The Labute approximate surface area is 163 Å². The minimum absolute atomic E-state index is 0.105. The molecule has 0 saturated heterocycles. The lowest BCUT2D eigenvalue weighted by molar-refractivity contribution is -0.113. The van der Waals surface area contributed by atoms with E-state index in [4.69, 9.17) is 32.4 Å². The third kappa shape index (κ3) is 4.49. The van der Waals surface area contributed by atoms with E-state index in [1.807, 2.05) is 18.2 Å². The van der Waals surface area contributed by atoms with Crippen LogP contribution in [0.1, 0.15) is 0 Å². The number of anilines is 1. The van der Waals surface area contributed by atoms with Crippen LogP contribution < -0.4 is 10.1 Å². The van der Waals surface area contributed by atoms with Gasteiger partial charge in [0.05, 0.1) is 28.5 Å². The Bertz CT molecular complexity index is 933. The van der Waals surface area contributed by atoms with Crippen LogP contribution in [-0.4, -0.2) is 29.0 Å². The van der Waals surface area contributed by atoms with Crippen LogP contribution in [-0.2, 0) is 4.79 Å². The smallest absolute Gasteiger partial charge is 0.277 e. The van der Waals surface area contributed by atoms with Gasteiger partial charge in [-0.05, 0) is 30.3 Å². The standard InChI is InChI=1S/C17H13Cl2N3O3S/c1-24-14-5-3-2-4-11(14)16-21-22-17(25-16)26-9-15(23)20-10-6-7-12(18)13(19)8-10/h2-8H,9H2,1H3,(H,20,23). The highest BCUT2D eigenvalue weighted by Crippen LogP contribution is 2.30. The van der Waals surface area contributed by atoms with Crippen molar-refractivity contribution in [3.63, 3.8) is 0 Å². The lowest BCUT2D eigenvalue weighted by Crippen LogP contribution is -2.13. The average Bonchev–Trinajstić information content (AvgIpc) is 3.12. The summed E-state index contributed by atoms with van der Waals surface area (Å²) in [5, 5.41) is 11.7. The van der Waals surface area contributed by atoms with Gasteiger partial charge in [-0.15, -0.1) is 10.2 Å². The van der Waals surface area contributed by atoms with Crippen molar-refractivity contribution in [2.75, 3.05) is 18.2 Å². The third-order valence-electron chi connectivity index (χ3n) is 3.27. The second-order valence-corrected chi connectivity index (χ2v) is 6.78. The fourth-order valence-corrected chi connectivity index (χ4v) is 2.96. The Hall–Kier alpha value is -2.22. The van der Waals surface area contributed by atoms with E-state index in [1.54, 1.807) is 31.4 Å². The number of methoxy groups -OCH3 is 1. The van der Waals surface area contributed by atoms with Crippen LogP contribution in [0.5, 0.6) is 5.75 Å². The molecule has 0 aliphatic rings. The minimum atomic E-state index is -0.231. The summed E-state index contributed by atoms with van der Waals surface area (Å²) in [7, 11) is 1.57. The number of rotatable bonds is 6. The van der Waals surface area contributed by atoms with E-state index in [9.17, 15) is 4.79 Å². The van der Waals surface area contributed by atoms with Crippen LogP contribution in [0.25, 0.3) is 11.5 Å². The number of carbonyl (C=O) groups is 1. The summed E-state index contributed by atoms with van der Waals surface area (Å²) in [6.07, 6.45) is 0. The summed E-state index contributed by atoms with van der Waals surface area (Å²) in [6, 6.07) is 12.2. The summed E-state index contributed by atoms with van der Waals surface area (Å²) in [4.78, 5) is 12.0. The fraction of sp³-hybridized carbons (Fsp3) is 0.118. The first-order valence-electron chi connectivity index (χ1n) is 7.41. The van der Waals surface area contributed by atoms with Gasteiger partial charge in [-0.3, -0.25) is 4.79 Å². The number of carbonyl (C=O) groups excluding carboxylic acids is 1. The van der Waals surface area contributed by atoms with Crippen molar-refractivity contribution < 1.29 is 13.9 Å². The first kappa shape index (κ1) is 18.6. The molecule has 0 fully saturated rings. The number of hydrogen-bond donors (Lipinski definition) is 1. The van der Waals surface area contributed by atoms with Gasteiger partial charge in [0.1, 0.15) is 5.75 Å². The SMILES string of the molecule is COc1ccccc1-c1nnc(SCC(=O)Nc2ccc(Cl)c(Cl)c2)o1. The maximum atomic E-state index is 12.0. The average molecular weight is 410 g/mol. The number of amides is 1. The van der Waals surface area contributed by atoms with Crippen molar-refractivity contribution >= 4 is 46.6 Å². The van der Waals surface area contributed by atoms with Gasteiger partial charge >= 0.3 is 0 Å². The first-order valence-corrected chi connectivity index (χ1v) is 9.15. The predicted octanol–water partition coefficient (Wildman–Crippen LogP) is 4.78. The molecular weight excluding hydrogens is 397 g/mol. The molecule has 26 heavy (non-hydrogen) atoms. The van der Waals surface area contributed by atoms with Crippen molar-refractivity contribution in [1.29, 1.82) is 0 Å². The number of hydrogen-bond acceptors (Lipinski definition) is 6. The van der Waals surface area contributed by atoms with Crippen LogP contribution >= 0.6 is 35.0 Å². The van der Waals surface area contributed by atoms with E-state index in [0.717, 1.165) is 11.8 Å². The molecule has 0 unspecified atom stereocenters. The Morgan fingerprint density at radius 2 is 2.00 bits per heavy atom. The maximum absolute atomic E-state index is 12.0. The molecule has 0 aliphatic heterocycles. The van der Waals surface area contributed by atoms with Gasteiger partial charge in [-0.25, -0.2) is 0 Å². The van der Waals surface area contributed by atoms with Gasteiger partial charge in [0.2, 0.25) is 5.91 Å². The highest BCUT2D eigenvalue weighted by molar-refractivity contribution is 7.99. The van der Waals surface area contributed by atoms with Crippen molar-refractivity contribution in [2.24, 2.45) is 0 Å². The van der Waals surface area contributed by atoms with Crippen LogP contribution in [0, 0.1) is 0 Å². The zero-order chi connectivity index (χ0) is 18.5. The Morgan fingerprint density at radius 1 is 1.19 bits per heavy atom. The quantitative estimate of drug-likeness (QED) is 0.590. The summed E-state index contributed by atoms with van der Waals surface area (Å²) in [5.74, 6) is 0.832. The number of ether oxygens (including phenoxy) is 1. The molecule has 0 radical (unpaired) electrons. The van der Waals surface area contributed by atoms with Crippen LogP contribution in [0.2, 0.25) is 10.0 Å². The second-order valence-electron chi connectivity index (χ2n) is 5.04. The molecule has 0 bridgehead atoms. The number of aromatic nitrogens is 2. The second kappa shape index (κ2) is 8.44. The van der Waals surface area contributed by atoms with Crippen LogP contribution in [0.4, 0.5) is 5.69 Å². The molecule has 0 saturated carbocycles. The normalized spacial score (nSPS) is 10.6. The Kier molecular flexibility index (Phi) is 6.03. The molecular formula is C17H13Cl2N3O3S. The lowest BCUT2D eigenvalue weighted by atomic mass is 10.2. The lowest BCUT2D eigenvalue weighted by Gasteiger charge is -2.05. The molecule has 134 valence electrons. The van der Waals surface area contributed by atoms with E-state index in [2.05, 4.69) is 15.5 Å². The van der Waals surface area contributed by atoms with E-state index >= 15 is 0 Å². The van der Waals surface area contributed by atoms with Crippen LogP contribution in [0.3, 0.4) is 0 Å². The Morgan fingerprint density at radius 3 is 2.77 bits per heavy atom. The molecule has 2 aromatic carbocycles. The Balaban J connectivity index is 1.61. The van der Waals surface area contributed by atoms with E-state index in [1.165, 1.54) is 0 Å². The van der Waals surface area contributed by atoms with Crippen molar-refractivity contribution in [1.82, 2.24) is 10.2 Å². The number of para-hydroxylation sites is 1. The van der Waals surface area contributed by atoms with E-state index < -0.39 is 0 Å². The molecule has 9 heteroatoms. The zero-order valence-electron chi connectivity index (χ0n) is 13.5. The predicted molar refractivity (Wildman–Crippen MR) is 102 cm³/mol. The monoisotopic (exact) mass is 409 g/mol. The highest BCUT2D eigenvalue weighted by Gasteiger charge is 2.14. The molecule has 1 amide bonds. The van der Waals surface area contributed by atoms with Gasteiger partial charge in [-0.2, -0.15) is 0 Å². The molecule has 1 aromatic heterocycles. The molecule has 3 aromatic rings. The number of nitrogens with one attached hydrogen (secondary N) is 1. The van der Waals surface area contributed by atoms with Gasteiger partial charge in [-0.1, -0.05) is 47.1 Å². The van der Waals surface area contributed by atoms with Gasteiger partial charge in [0.25, 0.3) is 11.1 Å². The summed E-state index contributed by atoms with van der Waals surface area (Å²) in [5.41, 5.74) is 1.25. The largest absolute Gasteiger partial charge is 0.496 e. The summed E-state index contributed by atoms with van der Waals surface area (Å²) < 4.78 is 10.9. The van der Waals surface area contributed by atoms with Crippen molar-refractivity contribution in [3.05, 3.63) is 52.5 Å². The molecule has 0 aliphatic carbocycles. The topological polar surface area (TPSA) is 77.2 Å². The van der Waals surface area contributed by atoms with E-state index in [0.29, 0.717) is 32.9 Å². The van der Waals surface area contributed by atoms with Crippen molar-refractivity contribution in [2.45, 2.75) is 5.22 Å². The van der Waals surface area contributed by atoms with Gasteiger partial charge in [0, 0.05) is 5.69 Å².